The molecule has 0 spiro atoms. The lowest BCUT2D eigenvalue weighted by atomic mass is 9.93. The molecule has 1 aromatic carbocycles. The smallest absolute Gasteiger partial charge is 0.387 e. The molecule has 0 amide bonds. The molecular weight excluding hydrogens is 464 g/mol. The molecule has 0 radical (unpaired) electrons. The number of hydrogen-bond donors (Lipinski definition) is 1. The third-order valence-electron chi connectivity index (χ3n) is 6.06. The highest BCUT2D eigenvalue weighted by Crippen LogP contribution is 2.49. The van der Waals surface area contributed by atoms with Gasteiger partial charge in [0.25, 0.3) is 0 Å². The van der Waals surface area contributed by atoms with E-state index in [-0.39, 0.29) is 17.2 Å². The molecule has 0 unspecified atom stereocenters. The van der Waals surface area contributed by atoms with E-state index in [0.717, 1.165) is 11.8 Å². The first kappa shape index (κ1) is 22.4. The number of hydrogen-bond acceptors (Lipinski definition) is 6. The van der Waals surface area contributed by atoms with E-state index in [1.54, 1.807) is 37.3 Å². The molecule has 176 valence electrons. The van der Waals surface area contributed by atoms with Crippen molar-refractivity contribution in [2.24, 2.45) is 0 Å². The van der Waals surface area contributed by atoms with Crippen LogP contribution in [0.3, 0.4) is 0 Å². The van der Waals surface area contributed by atoms with Gasteiger partial charge in [-0.3, -0.25) is 0 Å². The molecule has 1 N–H and O–H groups in total. The number of rotatable bonds is 5. The van der Waals surface area contributed by atoms with Gasteiger partial charge in [-0.2, -0.15) is 8.78 Å². The first-order valence-electron chi connectivity index (χ1n) is 10.5. The number of ether oxygens (including phenoxy) is 1. The monoisotopic (exact) mass is 485 g/mol. The lowest BCUT2D eigenvalue weighted by Crippen LogP contribution is -2.18. The molecule has 2 atom stereocenters. The minimum absolute atomic E-state index is 0.0207. The number of aromatic nitrogens is 3. The lowest BCUT2D eigenvalue weighted by molar-refractivity contribution is -0.0506. The van der Waals surface area contributed by atoms with Gasteiger partial charge >= 0.3 is 6.61 Å². The summed E-state index contributed by atoms with van der Waals surface area (Å²) in [5.41, 5.74) is 2.48. The molecule has 0 bridgehead atoms. The van der Waals surface area contributed by atoms with E-state index in [2.05, 4.69) is 9.97 Å². The molecule has 34 heavy (non-hydrogen) atoms. The maximum absolute atomic E-state index is 13.0. The summed E-state index contributed by atoms with van der Waals surface area (Å²) >= 11 is 0. The van der Waals surface area contributed by atoms with Crippen molar-refractivity contribution in [2.45, 2.75) is 36.5 Å². The first-order valence-corrected chi connectivity index (χ1v) is 12.4. The van der Waals surface area contributed by atoms with Gasteiger partial charge in [0.15, 0.2) is 14.9 Å². The van der Waals surface area contributed by atoms with Crippen LogP contribution in [0, 0.1) is 0 Å². The molecule has 1 aliphatic rings. The van der Waals surface area contributed by atoms with Crippen molar-refractivity contribution in [1.82, 2.24) is 14.4 Å². The number of aliphatic hydroxyl groups is 1. The molecule has 7 nitrogen and oxygen atoms in total. The minimum Gasteiger partial charge on any atom is -0.435 e. The van der Waals surface area contributed by atoms with Crippen LogP contribution in [-0.2, 0) is 15.4 Å². The maximum Gasteiger partial charge on any atom is 0.387 e. The van der Waals surface area contributed by atoms with Gasteiger partial charge in [-0.15, -0.1) is 0 Å². The molecule has 0 saturated carbocycles. The topological polar surface area (TPSA) is 93.8 Å². The van der Waals surface area contributed by atoms with Crippen LogP contribution in [0.2, 0.25) is 0 Å². The summed E-state index contributed by atoms with van der Waals surface area (Å²) in [7, 11) is -3.42. The van der Waals surface area contributed by atoms with E-state index in [1.165, 1.54) is 18.3 Å². The predicted molar refractivity (Wildman–Crippen MR) is 121 cm³/mol. The molecule has 0 saturated heterocycles. The fourth-order valence-electron chi connectivity index (χ4n) is 4.55. The Kier molecular flexibility index (Phi) is 5.18. The van der Waals surface area contributed by atoms with Crippen LogP contribution in [0.4, 0.5) is 8.78 Å². The molecule has 4 aromatic rings. The second kappa shape index (κ2) is 7.85. The predicted octanol–water partition coefficient (Wildman–Crippen LogP) is 4.14. The summed E-state index contributed by atoms with van der Waals surface area (Å²) in [6, 6.07) is 13.3. The molecular formula is C24H21F2N3O4S. The van der Waals surface area contributed by atoms with Crippen molar-refractivity contribution >= 4 is 15.5 Å². The number of halogens is 2. The SMILES string of the molecule is C[C@]1(O)C[C@H](c2ccccc2OC(F)F)c2c1nc1ccc(-c3ccc(S(C)(=O)=O)nc3)cn21. The van der Waals surface area contributed by atoms with Crippen LogP contribution in [-0.4, -0.2) is 40.8 Å². The summed E-state index contributed by atoms with van der Waals surface area (Å²) in [5, 5.41) is 11.1. The molecule has 0 aliphatic heterocycles. The van der Waals surface area contributed by atoms with E-state index < -0.39 is 28.0 Å². The summed E-state index contributed by atoms with van der Waals surface area (Å²) < 4.78 is 56.1. The average Bonchev–Trinajstić information content (AvgIpc) is 3.28. The van der Waals surface area contributed by atoms with Crippen molar-refractivity contribution in [1.29, 1.82) is 0 Å². The van der Waals surface area contributed by atoms with Crippen molar-refractivity contribution in [3.8, 4) is 16.9 Å². The van der Waals surface area contributed by atoms with Crippen LogP contribution in [0.1, 0.15) is 36.2 Å². The Morgan fingerprint density at radius 2 is 1.88 bits per heavy atom. The average molecular weight is 486 g/mol. The second-order valence-electron chi connectivity index (χ2n) is 8.60. The van der Waals surface area contributed by atoms with E-state index in [0.29, 0.717) is 28.2 Å². The van der Waals surface area contributed by atoms with Gasteiger partial charge in [0.1, 0.15) is 17.0 Å². The van der Waals surface area contributed by atoms with Gasteiger partial charge in [0.05, 0.1) is 11.4 Å². The van der Waals surface area contributed by atoms with E-state index in [9.17, 15) is 22.3 Å². The zero-order chi connectivity index (χ0) is 24.3. The number of alkyl halides is 2. The van der Waals surface area contributed by atoms with Crippen LogP contribution in [0.5, 0.6) is 5.75 Å². The van der Waals surface area contributed by atoms with Crippen molar-refractivity contribution in [2.75, 3.05) is 6.26 Å². The van der Waals surface area contributed by atoms with Crippen LogP contribution >= 0.6 is 0 Å². The summed E-state index contributed by atoms with van der Waals surface area (Å²) in [6.45, 7) is -1.32. The van der Waals surface area contributed by atoms with E-state index in [4.69, 9.17) is 4.74 Å². The Labute approximate surface area is 194 Å². The summed E-state index contributed by atoms with van der Waals surface area (Å²) in [4.78, 5) is 8.67. The normalized spacial score (nSPS) is 20.1. The molecule has 0 fully saturated rings. The molecule has 5 rings (SSSR count). The highest BCUT2D eigenvalue weighted by Gasteiger charge is 2.44. The Hall–Kier alpha value is -3.37. The van der Waals surface area contributed by atoms with Gasteiger partial charge in [0, 0.05) is 41.3 Å². The Morgan fingerprint density at radius 3 is 2.56 bits per heavy atom. The number of para-hydroxylation sites is 1. The zero-order valence-corrected chi connectivity index (χ0v) is 19.1. The number of fused-ring (bicyclic) bond motifs is 3. The largest absolute Gasteiger partial charge is 0.435 e. The van der Waals surface area contributed by atoms with Gasteiger partial charge in [-0.05, 0) is 43.7 Å². The number of imidazole rings is 1. The number of sulfone groups is 1. The first-order chi connectivity index (χ1) is 16.0. The Balaban J connectivity index is 1.65. The highest BCUT2D eigenvalue weighted by atomic mass is 32.2. The molecule has 10 heteroatoms. The quantitative estimate of drug-likeness (QED) is 0.457. The third-order valence-corrected chi connectivity index (χ3v) is 7.06. The third kappa shape index (κ3) is 3.82. The van der Waals surface area contributed by atoms with E-state index in [1.807, 2.05) is 16.7 Å². The van der Waals surface area contributed by atoms with Crippen LogP contribution in [0.15, 0.2) is 66.0 Å². The summed E-state index contributed by atoms with van der Waals surface area (Å²) in [5.74, 6) is -0.381. The standard InChI is InChI=1S/C24H21F2N3O4S/c1-24(30)11-17(16-5-3-4-6-18(16)33-23(25)26)21-22(24)28-19-9-7-15(13-29(19)21)14-8-10-20(27-12-14)34(2,31)32/h3-10,12-13,17,23,30H,11H2,1-2H3/t17-,24+/m1/s1. The van der Waals surface area contributed by atoms with Gasteiger partial charge in [-0.1, -0.05) is 18.2 Å². The molecule has 1 aliphatic carbocycles. The number of pyridine rings is 2. The van der Waals surface area contributed by atoms with Crippen LogP contribution < -0.4 is 4.74 Å². The van der Waals surface area contributed by atoms with Crippen LogP contribution in [0.25, 0.3) is 16.8 Å². The Bertz CT molecular complexity index is 1500. The zero-order valence-electron chi connectivity index (χ0n) is 18.3. The molecule has 3 aromatic heterocycles. The van der Waals surface area contributed by atoms with Gasteiger partial charge in [-0.25, -0.2) is 18.4 Å². The molecule has 3 heterocycles. The lowest BCUT2D eigenvalue weighted by Gasteiger charge is -2.20. The number of nitrogens with zero attached hydrogens (tertiary/aromatic N) is 3. The van der Waals surface area contributed by atoms with Crippen molar-refractivity contribution in [3.05, 3.63) is 77.9 Å². The van der Waals surface area contributed by atoms with Gasteiger partial charge in [0.2, 0.25) is 0 Å². The Morgan fingerprint density at radius 1 is 1.15 bits per heavy atom. The second-order valence-corrected chi connectivity index (χ2v) is 10.6. The minimum atomic E-state index is -3.42. The summed E-state index contributed by atoms with van der Waals surface area (Å²) in [6.07, 6.45) is 4.65. The fraction of sp³-hybridized carbons (Fsp3) is 0.250. The maximum atomic E-state index is 13.0. The number of benzene rings is 1. The van der Waals surface area contributed by atoms with E-state index >= 15 is 0 Å². The fourth-order valence-corrected chi connectivity index (χ4v) is 5.11. The highest BCUT2D eigenvalue weighted by molar-refractivity contribution is 7.90. The van der Waals surface area contributed by atoms with Crippen molar-refractivity contribution < 1.29 is 27.0 Å². The van der Waals surface area contributed by atoms with Gasteiger partial charge < -0.3 is 14.2 Å². The van der Waals surface area contributed by atoms with Crippen molar-refractivity contribution in [3.63, 3.8) is 0 Å².